The van der Waals surface area contributed by atoms with E-state index >= 15 is 0 Å². The summed E-state index contributed by atoms with van der Waals surface area (Å²) in [5.41, 5.74) is 2.73. The van der Waals surface area contributed by atoms with Crippen LogP contribution in [0.3, 0.4) is 0 Å². The van der Waals surface area contributed by atoms with Crippen molar-refractivity contribution in [3.8, 4) is 0 Å². The van der Waals surface area contributed by atoms with Crippen molar-refractivity contribution >= 4 is 40.6 Å². The van der Waals surface area contributed by atoms with Gasteiger partial charge in [0, 0.05) is 35.8 Å². The summed E-state index contributed by atoms with van der Waals surface area (Å²) in [6.07, 6.45) is 2.75. The van der Waals surface area contributed by atoms with Gasteiger partial charge in [0.1, 0.15) is 0 Å². The number of carbonyl (C=O) groups is 2. The molecule has 1 aromatic heterocycles. The van der Waals surface area contributed by atoms with Gasteiger partial charge in [-0.1, -0.05) is 30.3 Å². The van der Waals surface area contributed by atoms with Crippen LogP contribution in [0.4, 0.5) is 5.69 Å². The smallest absolute Gasteiger partial charge is 0.280 e. The number of anilines is 1. The lowest BCUT2D eigenvalue weighted by atomic mass is 10.2. The molecule has 28 heavy (non-hydrogen) atoms. The van der Waals surface area contributed by atoms with E-state index in [1.165, 1.54) is 28.7 Å². The van der Waals surface area contributed by atoms with Crippen LogP contribution in [0.25, 0.3) is 0 Å². The van der Waals surface area contributed by atoms with Gasteiger partial charge in [-0.3, -0.25) is 9.59 Å². The molecule has 0 aliphatic carbocycles. The lowest BCUT2D eigenvalue weighted by molar-refractivity contribution is -0.116. The van der Waals surface area contributed by atoms with Crippen molar-refractivity contribution in [2.24, 2.45) is 12.0 Å². The van der Waals surface area contributed by atoms with Gasteiger partial charge in [0.15, 0.2) is 4.80 Å². The zero-order chi connectivity index (χ0) is 19.5. The summed E-state index contributed by atoms with van der Waals surface area (Å²) in [6, 6.07) is 15.3. The van der Waals surface area contributed by atoms with Gasteiger partial charge in [-0.25, -0.2) is 0 Å². The van der Waals surface area contributed by atoms with E-state index in [4.69, 9.17) is 0 Å². The third-order valence-electron chi connectivity index (χ3n) is 4.61. The Bertz CT molecular complexity index is 1100. The molecule has 0 saturated carbocycles. The van der Waals surface area contributed by atoms with E-state index in [9.17, 15) is 9.59 Å². The van der Waals surface area contributed by atoms with Crippen LogP contribution in [0.5, 0.6) is 0 Å². The van der Waals surface area contributed by atoms with Gasteiger partial charge < -0.3 is 9.47 Å². The molecule has 5 nitrogen and oxygen atoms in total. The highest BCUT2D eigenvalue weighted by molar-refractivity contribution is 8.00. The number of amides is 2. The van der Waals surface area contributed by atoms with Gasteiger partial charge in [-0.2, -0.15) is 4.99 Å². The number of hydrogen-bond donors (Lipinski definition) is 0. The molecule has 7 heteroatoms. The number of carbonyl (C=O) groups excluding carboxylic acids is 2. The molecule has 2 amide bonds. The second-order valence-corrected chi connectivity index (χ2v) is 8.31. The average molecular weight is 410 g/mol. The molecule has 4 rings (SSSR count). The molecule has 0 radical (unpaired) electrons. The lowest BCUT2D eigenvalue weighted by Crippen LogP contribution is -2.30. The minimum Gasteiger partial charge on any atom is -0.327 e. The number of fused-ring (bicyclic) bond motifs is 1. The Morgan fingerprint density at radius 2 is 1.93 bits per heavy atom. The molecule has 1 aliphatic heterocycles. The van der Waals surface area contributed by atoms with Crippen LogP contribution >= 0.6 is 23.1 Å². The molecule has 0 bridgehead atoms. The number of nitrogens with zero attached hydrogens (tertiary/aromatic N) is 3. The Hall–Kier alpha value is -2.64. The molecule has 2 heterocycles. The number of thioether (sulfide) groups is 1. The standard InChI is InChI=1S/C21H19N3O2S2/c1-23-12-13-27-21(23)22-20(26)16-7-3-5-9-18(16)28-14-19(25)24-11-10-15-6-2-4-8-17(15)24/h2-9,12-13H,10-11,14H2,1H3. The fourth-order valence-corrected chi connectivity index (χ4v) is 4.81. The summed E-state index contributed by atoms with van der Waals surface area (Å²) in [4.78, 5) is 32.9. The SMILES string of the molecule is Cn1ccsc1=NC(=O)c1ccccc1SCC(=O)N1CCc2ccccc21. The third-order valence-corrected chi connectivity index (χ3v) is 6.52. The molecule has 142 valence electrons. The quantitative estimate of drug-likeness (QED) is 0.620. The van der Waals surface area contributed by atoms with E-state index in [1.807, 2.05) is 64.5 Å². The number of rotatable bonds is 4. The topological polar surface area (TPSA) is 54.7 Å². The first-order chi connectivity index (χ1) is 13.6. The van der Waals surface area contributed by atoms with E-state index in [0.717, 1.165) is 17.0 Å². The van der Waals surface area contributed by atoms with Crippen LogP contribution in [0.15, 0.2) is 70.0 Å². The molecule has 0 N–H and O–H groups in total. The van der Waals surface area contributed by atoms with E-state index in [1.54, 1.807) is 6.07 Å². The van der Waals surface area contributed by atoms with Gasteiger partial charge in [0.05, 0.1) is 11.3 Å². The van der Waals surface area contributed by atoms with Crippen molar-refractivity contribution in [1.82, 2.24) is 4.57 Å². The van der Waals surface area contributed by atoms with Crippen LogP contribution in [0.2, 0.25) is 0 Å². The van der Waals surface area contributed by atoms with Crippen LogP contribution < -0.4 is 9.70 Å². The number of thiazole rings is 1. The van der Waals surface area contributed by atoms with Gasteiger partial charge >= 0.3 is 0 Å². The monoisotopic (exact) mass is 409 g/mol. The van der Waals surface area contributed by atoms with Gasteiger partial charge in [0.2, 0.25) is 5.91 Å². The first-order valence-corrected chi connectivity index (χ1v) is 10.8. The van der Waals surface area contributed by atoms with Crippen molar-refractivity contribution in [1.29, 1.82) is 0 Å². The minimum atomic E-state index is -0.292. The minimum absolute atomic E-state index is 0.0544. The van der Waals surface area contributed by atoms with Crippen LogP contribution in [0, 0.1) is 0 Å². The maximum atomic E-state index is 12.8. The van der Waals surface area contributed by atoms with Gasteiger partial charge in [-0.05, 0) is 30.2 Å². The zero-order valence-electron chi connectivity index (χ0n) is 15.4. The molecule has 0 unspecified atom stereocenters. The molecule has 3 aromatic rings. The summed E-state index contributed by atoms with van der Waals surface area (Å²) in [6.45, 7) is 0.712. The largest absolute Gasteiger partial charge is 0.327 e. The third kappa shape index (κ3) is 3.81. The summed E-state index contributed by atoms with van der Waals surface area (Å²) in [5, 5.41) is 1.89. The van der Waals surface area contributed by atoms with Crippen LogP contribution in [-0.2, 0) is 18.3 Å². The second-order valence-electron chi connectivity index (χ2n) is 6.42. The summed E-state index contributed by atoms with van der Waals surface area (Å²) >= 11 is 2.80. The number of benzene rings is 2. The van der Waals surface area contributed by atoms with Crippen LogP contribution in [0.1, 0.15) is 15.9 Å². The first-order valence-electron chi connectivity index (χ1n) is 8.93. The Balaban J connectivity index is 1.50. The number of aryl methyl sites for hydroxylation is 1. The van der Waals surface area contributed by atoms with Crippen molar-refractivity contribution in [3.63, 3.8) is 0 Å². The van der Waals surface area contributed by atoms with E-state index in [0.29, 0.717) is 16.9 Å². The predicted molar refractivity (Wildman–Crippen MR) is 113 cm³/mol. The number of hydrogen-bond acceptors (Lipinski definition) is 4. The molecular weight excluding hydrogens is 390 g/mol. The maximum Gasteiger partial charge on any atom is 0.280 e. The summed E-state index contributed by atoms with van der Waals surface area (Å²) in [5.74, 6) is 0.0460. The Morgan fingerprint density at radius 3 is 2.75 bits per heavy atom. The molecule has 0 spiro atoms. The molecular formula is C21H19N3O2S2. The zero-order valence-corrected chi connectivity index (χ0v) is 17.0. The Morgan fingerprint density at radius 1 is 1.14 bits per heavy atom. The second kappa shape index (κ2) is 8.16. The van der Waals surface area contributed by atoms with Gasteiger partial charge in [-0.15, -0.1) is 23.1 Å². The normalized spacial score (nSPS) is 13.6. The summed E-state index contributed by atoms with van der Waals surface area (Å²) < 4.78 is 1.81. The van der Waals surface area contributed by atoms with Crippen LogP contribution in [-0.4, -0.2) is 28.7 Å². The molecule has 0 atom stereocenters. The molecule has 2 aromatic carbocycles. The molecule has 1 aliphatic rings. The van der Waals surface area contributed by atoms with Crippen molar-refractivity contribution in [2.75, 3.05) is 17.2 Å². The van der Waals surface area contributed by atoms with Crippen molar-refractivity contribution < 1.29 is 9.59 Å². The fourth-order valence-electron chi connectivity index (χ4n) is 3.17. The van der Waals surface area contributed by atoms with Gasteiger partial charge in [0.25, 0.3) is 5.91 Å². The van der Waals surface area contributed by atoms with Crippen molar-refractivity contribution in [3.05, 3.63) is 76.0 Å². The van der Waals surface area contributed by atoms with E-state index in [2.05, 4.69) is 11.1 Å². The average Bonchev–Trinajstić information content (AvgIpc) is 3.32. The lowest BCUT2D eigenvalue weighted by Gasteiger charge is -2.17. The highest BCUT2D eigenvalue weighted by atomic mass is 32.2. The predicted octanol–water partition coefficient (Wildman–Crippen LogP) is 3.51. The first kappa shape index (κ1) is 18.7. The molecule has 0 saturated heterocycles. The number of para-hydroxylation sites is 1. The highest BCUT2D eigenvalue weighted by Crippen LogP contribution is 2.29. The fraction of sp³-hybridized carbons (Fsp3) is 0.190. The maximum absolute atomic E-state index is 12.8. The Labute approximate surface area is 171 Å². The Kier molecular flexibility index (Phi) is 5.45. The molecule has 0 fully saturated rings. The van der Waals surface area contributed by atoms with E-state index in [-0.39, 0.29) is 17.6 Å². The highest BCUT2D eigenvalue weighted by Gasteiger charge is 2.24. The van der Waals surface area contributed by atoms with Crippen molar-refractivity contribution in [2.45, 2.75) is 11.3 Å². The number of aromatic nitrogens is 1. The van der Waals surface area contributed by atoms with E-state index < -0.39 is 0 Å². The summed E-state index contributed by atoms with van der Waals surface area (Å²) in [7, 11) is 1.86.